The second-order valence-electron chi connectivity index (χ2n) is 4.71. The Balaban J connectivity index is 2.13. The lowest BCUT2D eigenvalue weighted by atomic mass is 10.2. The summed E-state index contributed by atoms with van der Waals surface area (Å²) in [5.41, 5.74) is 0.964. The van der Waals surface area contributed by atoms with Crippen molar-refractivity contribution >= 4 is 29.0 Å². The van der Waals surface area contributed by atoms with Crippen LogP contribution in [0.4, 0.5) is 5.82 Å². The summed E-state index contributed by atoms with van der Waals surface area (Å²) >= 11 is 12.1. The number of alkyl halides is 1. The summed E-state index contributed by atoms with van der Waals surface area (Å²) in [4.78, 5) is 9.18. The molecule has 1 aliphatic rings. The molecule has 2 rings (SSSR count). The monoisotopic (exact) mass is 287 g/mol. The molecular weight excluding hydrogens is 269 g/mol. The number of likely N-dealkylation sites (N-methyl/N-ethyl adjacent to an activating group) is 1. The van der Waals surface area contributed by atoms with Crippen LogP contribution in [0.1, 0.15) is 19.4 Å². The van der Waals surface area contributed by atoms with Crippen molar-refractivity contribution in [3.8, 4) is 0 Å². The first-order valence-corrected chi connectivity index (χ1v) is 7.26. The third-order valence-corrected chi connectivity index (χ3v) is 4.09. The third-order valence-electron chi connectivity index (χ3n) is 3.50. The van der Waals surface area contributed by atoms with Crippen LogP contribution in [0.5, 0.6) is 0 Å². The molecule has 0 amide bonds. The molecule has 100 valence electrons. The van der Waals surface area contributed by atoms with Gasteiger partial charge in [0, 0.05) is 37.8 Å². The Labute approximate surface area is 119 Å². The first-order chi connectivity index (χ1) is 8.65. The summed E-state index contributed by atoms with van der Waals surface area (Å²) in [5, 5.41) is 0.699. The summed E-state index contributed by atoms with van der Waals surface area (Å²) in [7, 11) is 0. The fraction of sp³-hybridized carbons (Fsp3) is 0.615. The summed E-state index contributed by atoms with van der Waals surface area (Å²) in [5.74, 6) is 1.33. The number of aromatic nitrogens is 1. The summed E-state index contributed by atoms with van der Waals surface area (Å²) in [6, 6.07) is 2.45. The fourth-order valence-corrected chi connectivity index (χ4v) is 2.89. The maximum atomic E-state index is 6.28. The van der Waals surface area contributed by atoms with Gasteiger partial charge in [0.1, 0.15) is 5.82 Å². The molecule has 1 fully saturated rings. The van der Waals surface area contributed by atoms with E-state index in [1.54, 1.807) is 0 Å². The molecule has 3 nitrogen and oxygen atoms in total. The van der Waals surface area contributed by atoms with Crippen LogP contribution in [0.2, 0.25) is 5.02 Å². The van der Waals surface area contributed by atoms with Crippen LogP contribution >= 0.6 is 23.2 Å². The van der Waals surface area contributed by atoms with E-state index in [2.05, 4.69) is 28.6 Å². The van der Waals surface area contributed by atoms with Gasteiger partial charge in [-0.2, -0.15) is 0 Å². The number of piperazine rings is 1. The Morgan fingerprint density at radius 3 is 2.78 bits per heavy atom. The lowest BCUT2D eigenvalue weighted by Gasteiger charge is -2.40. The average Bonchev–Trinajstić information content (AvgIpc) is 2.38. The van der Waals surface area contributed by atoms with Gasteiger partial charge in [-0.15, -0.1) is 11.6 Å². The van der Waals surface area contributed by atoms with Crippen LogP contribution in [-0.4, -0.2) is 42.1 Å². The minimum absolute atomic E-state index is 0.451. The Morgan fingerprint density at radius 1 is 1.44 bits per heavy atom. The maximum absolute atomic E-state index is 6.28. The van der Waals surface area contributed by atoms with Gasteiger partial charge < -0.3 is 4.90 Å². The summed E-state index contributed by atoms with van der Waals surface area (Å²) in [6.45, 7) is 8.56. The highest BCUT2D eigenvalue weighted by Gasteiger charge is 2.24. The standard InChI is InChI=1S/C13H19Cl2N3/c1-3-17-4-5-18(9-10(17)2)13-12(15)6-11(7-14)8-16-13/h6,8,10H,3-5,7,9H2,1-2H3. The summed E-state index contributed by atoms with van der Waals surface area (Å²) in [6.07, 6.45) is 1.81. The second-order valence-corrected chi connectivity index (χ2v) is 5.38. The smallest absolute Gasteiger partial charge is 0.147 e. The van der Waals surface area contributed by atoms with Crippen molar-refractivity contribution in [2.75, 3.05) is 31.1 Å². The van der Waals surface area contributed by atoms with Crippen LogP contribution in [-0.2, 0) is 5.88 Å². The van der Waals surface area contributed by atoms with E-state index in [1.807, 2.05) is 12.3 Å². The highest BCUT2D eigenvalue weighted by Crippen LogP contribution is 2.26. The highest BCUT2D eigenvalue weighted by molar-refractivity contribution is 6.33. The number of pyridine rings is 1. The molecule has 1 saturated heterocycles. The van der Waals surface area contributed by atoms with Crippen LogP contribution in [0.25, 0.3) is 0 Å². The number of nitrogens with zero attached hydrogens (tertiary/aromatic N) is 3. The van der Waals surface area contributed by atoms with E-state index in [9.17, 15) is 0 Å². The predicted octanol–water partition coefficient (Wildman–Crippen LogP) is 3.00. The van der Waals surface area contributed by atoms with E-state index in [1.165, 1.54) is 0 Å². The lowest BCUT2D eigenvalue weighted by Crippen LogP contribution is -2.52. The molecule has 0 radical (unpaired) electrons. The minimum Gasteiger partial charge on any atom is -0.353 e. The molecule has 1 aliphatic heterocycles. The van der Waals surface area contributed by atoms with Crippen LogP contribution in [0.3, 0.4) is 0 Å². The normalized spacial score (nSPS) is 21.3. The van der Waals surface area contributed by atoms with Gasteiger partial charge in [0.25, 0.3) is 0 Å². The molecule has 0 spiro atoms. The van der Waals surface area contributed by atoms with Crippen molar-refractivity contribution in [2.24, 2.45) is 0 Å². The fourth-order valence-electron chi connectivity index (χ4n) is 2.43. The van der Waals surface area contributed by atoms with Gasteiger partial charge in [0.2, 0.25) is 0 Å². The second kappa shape index (κ2) is 6.09. The van der Waals surface area contributed by atoms with Gasteiger partial charge in [-0.05, 0) is 25.1 Å². The molecular formula is C13H19Cl2N3. The minimum atomic E-state index is 0.451. The molecule has 1 aromatic heterocycles. The van der Waals surface area contributed by atoms with Crippen LogP contribution in [0.15, 0.2) is 12.3 Å². The first-order valence-electron chi connectivity index (χ1n) is 6.35. The topological polar surface area (TPSA) is 19.4 Å². The zero-order chi connectivity index (χ0) is 13.1. The largest absolute Gasteiger partial charge is 0.353 e. The van der Waals surface area contributed by atoms with E-state index < -0.39 is 0 Å². The van der Waals surface area contributed by atoms with Crippen molar-refractivity contribution < 1.29 is 0 Å². The van der Waals surface area contributed by atoms with Crippen molar-refractivity contribution in [3.05, 3.63) is 22.8 Å². The zero-order valence-corrected chi connectivity index (χ0v) is 12.4. The molecule has 18 heavy (non-hydrogen) atoms. The van der Waals surface area contributed by atoms with Gasteiger partial charge >= 0.3 is 0 Å². The number of rotatable bonds is 3. The Bertz CT molecular complexity index is 411. The van der Waals surface area contributed by atoms with Gasteiger partial charge in [-0.3, -0.25) is 4.90 Å². The molecule has 0 aromatic carbocycles. The maximum Gasteiger partial charge on any atom is 0.147 e. The quantitative estimate of drug-likeness (QED) is 0.797. The summed E-state index contributed by atoms with van der Waals surface area (Å²) < 4.78 is 0. The van der Waals surface area contributed by atoms with E-state index in [4.69, 9.17) is 23.2 Å². The molecule has 0 aliphatic carbocycles. The Kier molecular flexibility index (Phi) is 4.71. The van der Waals surface area contributed by atoms with Crippen LogP contribution < -0.4 is 4.90 Å². The molecule has 0 N–H and O–H groups in total. The van der Waals surface area contributed by atoms with E-state index in [0.29, 0.717) is 16.9 Å². The molecule has 1 atom stereocenters. The van der Waals surface area contributed by atoms with E-state index in [0.717, 1.165) is 37.6 Å². The zero-order valence-electron chi connectivity index (χ0n) is 10.9. The molecule has 0 saturated carbocycles. The van der Waals surface area contributed by atoms with Gasteiger partial charge in [0.15, 0.2) is 0 Å². The molecule has 1 unspecified atom stereocenters. The van der Waals surface area contributed by atoms with E-state index >= 15 is 0 Å². The van der Waals surface area contributed by atoms with E-state index in [-0.39, 0.29) is 0 Å². The number of hydrogen-bond acceptors (Lipinski definition) is 3. The molecule has 0 bridgehead atoms. The third kappa shape index (κ3) is 2.90. The molecule has 5 heteroatoms. The number of hydrogen-bond donors (Lipinski definition) is 0. The Morgan fingerprint density at radius 2 is 2.22 bits per heavy atom. The first kappa shape index (κ1) is 13.9. The Hall–Kier alpha value is -0.510. The van der Waals surface area contributed by atoms with Crippen LogP contribution in [0, 0.1) is 0 Å². The SMILES string of the molecule is CCN1CCN(c2ncc(CCl)cc2Cl)CC1C. The molecule has 2 heterocycles. The number of halogens is 2. The molecule has 1 aromatic rings. The highest BCUT2D eigenvalue weighted by atomic mass is 35.5. The van der Waals surface area contributed by atoms with Gasteiger partial charge in [-0.25, -0.2) is 4.98 Å². The predicted molar refractivity (Wildman–Crippen MR) is 77.7 cm³/mol. The van der Waals surface area contributed by atoms with Crippen molar-refractivity contribution in [3.63, 3.8) is 0 Å². The van der Waals surface area contributed by atoms with Gasteiger partial charge in [0.05, 0.1) is 5.02 Å². The van der Waals surface area contributed by atoms with Crippen molar-refractivity contribution in [2.45, 2.75) is 25.8 Å². The average molecular weight is 288 g/mol. The van der Waals surface area contributed by atoms with Crippen molar-refractivity contribution in [1.29, 1.82) is 0 Å². The lowest BCUT2D eigenvalue weighted by molar-refractivity contribution is 0.199. The van der Waals surface area contributed by atoms with Gasteiger partial charge in [-0.1, -0.05) is 18.5 Å². The van der Waals surface area contributed by atoms with Crippen molar-refractivity contribution in [1.82, 2.24) is 9.88 Å². The number of anilines is 1.